The predicted octanol–water partition coefficient (Wildman–Crippen LogP) is 3.35. The van der Waals surface area contributed by atoms with Crippen molar-refractivity contribution in [1.29, 1.82) is 0 Å². The second-order valence-electron chi connectivity index (χ2n) is 2.10. The Bertz CT molecular complexity index is 326. The molecule has 0 aromatic carbocycles. The Morgan fingerprint density at radius 1 is 1.30 bits per heavy atom. The Morgan fingerprint density at radius 2 is 2.10 bits per heavy atom. The maximum Gasteiger partial charge on any atom is 0.136 e. The van der Waals surface area contributed by atoms with Gasteiger partial charge in [-0.25, -0.2) is 0 Å². The van der Waals surface area contributed by atoms with Crippen molar-refractivity contribution in [2.45, 2.75) is 4.84 Å². The third-order valence-electron chi connectivity index (χ3n) is 1.44. The van der Waals surface area contributed by atoms with Crippen molar-refractivity contribution in [3.8, 4) is 0 Å². The molecule has 0 N–H and O–H groups in total. The Kier molecular flexibility index (Phi) is 1.29. The third kappa shape index (κ3) is 0.780. The number of fused-ring (bicyclic) bond motifs is 2. The maximum atomic E-state index is 5.63. The molecule has 0 radical (unpaired) electrons. The van der Waals surface area contributed by atoms with E-state index >= 15 is 0 Å². The fourth-order valence-corrected chi connectivity index (χ4v) is 1.32. The van der Waals surface area contributed by atoms with Gasteiger partial charge in [0, 0.05) is 5.56 Å². The minimum absolute atomic E-state index is 0.475. The summed E-state index contributed by atoms with van der Waals surface area (Å²) in [6.07, 6.45) is 0. The summed E-state index contributed by atoms with van der Waals surface area (Å²) in [5.74, 6) is 0. The van der Waals surface area contributed by atoms with E-state index in [2.05, 4.69) is 0 Å². The van der Waals surface area contributed by atoms with Gasteiger partial charge in [-0.3, -0.25) is 0 Å². The van der Waals surface area contributed by atoms with E-state index in [0.717, 1.165) is 16.7 Å². The normalized spacial score (nSPS) is 11.9. The van der Waals surface area contributed by atoms with E-state index in [0.29, 0.717) is 0 Å². The minimum atomic E-state index is -0.475. The largest absolute Gasteiger partial charge is 0.457 e. The Hall–Kier alpha value is -0.400. The summed E-state index contributed by atoms with van der Waals surface area (Å²) >= 11 is 11.3. The van der Waals surface area contributed by atoms with Crippen molar-refractivity contribution in [3.63, 3.8) is 0 Å². The molecule has 0 unspecified atom stereocenters. The molecular weight excluding hydrogens is 171 g/mol. The number of hydrogen-bond donors (Lipinski definition) is 0. The molecule has 52 valence electrons. The quantitative estimate of drug-likeness (QED) is 0.605. The first kappa shape index (κ1) is 6.32. The summed E-state index contributed by atoms with van der Waals surface area (Å²) in [5.41, 5.74) is 2.47. The van der Waals surface area contributed by atoms with Crippen LogP contribution in [0.4, 0.5) is 0 Å². The Labute approximate surface area is 67.9 Å². The van der Waals surface area contributed by atoms with Gasteiger partial charge in [0.1, 0.15) is 16.0 Å². The lowest BCUT2D eigenvalue weighted by molar-refractivity contribution is 0.673. The monoisotopic (exact) mass is 174 g/mol. The van der Waals surface area contributed by atoms with Crippen molar-refractivity contribution in [1.82, 2.24) is 0 Å². The lowest BCUT2D eigenvalue weighted by Gasteiger charge is -1.93. The van der Waals surface area contributed by atoms with E-state index in [4.69, 9.17) is 27.6 Å². The zero-order valence-electron chi connectivity index (χ0n) is 4.97. The highest BCUT2D eigenvalue weighted by molar-refractivity contribution is 6.44. The molecule has 0 spiro atoms. The number of halogens is 2. The smallest absolute Gasteiger partial charge is 0.136 e. The van der Waals surface area contributed by atoms with Crippen LogP contribution in [0.1, 0.15) is 10.4 Å². The highest BCUT2D eigenvalue weighted by atomic mass is 35.5. The van der Waals surface area contributed by atoms with Crippen LogP contribution in [0.3, 0.4) is 0 Å². The first-order valence-electron chi connectivity index (χ1n) is 2.87. The molecule has 0 aliphatic rings. The molecule has 10 heavy (non-hydrogen) atoms. The third-order valence-corrected chi connectivity index (χ3v) is 1.91. The van der Waals surface area contributed by atoms with Gasteiger partial charge in [0.15, 0.2) is 0 Å². The molecule has 2 aromatic heterocycles. The number of hydrogen-bond acceptors (Lipinski definition) is 1. The number of furan rings is 2. The molecule has 2 aromatic rings. The fraction of sp³-hybridized carbons (Fsp3) is 0.143. The van der Waals surface area contributed by atoms with Crippen molar-refractivity contribution < 1.29 is 4.42 Å². The van der Waals surface area contributed by atoms with Crippen LogP contribution in [0, 0.1) is 0 Å². The van der Waals surface area contributed by atoms with Gasteiger partial charge < -0.3 is 4.42 Å². The Morgan fingerprint density at radius 3 is 2.40 bits per heavy atom. The van der Waals surface area contributed by atoms with E-state index in [1.165, 1.54) is 0 Å². The first-order valence-corrected chi connectivity index (χ1v) is 3.74. The average Bonchev–Trinajstić information content (AvgIpc) is 2.44. The van der Waals surface area contributed by atoms with Crippen LogP contribution in [-0.4, -0.2) is 0 Å². The van der Waals surface area contributed by atoms with E-state index < -0.39 is 4.84 Å². The average molecular weight is 175 g/mol. The lowest BCUT2D eigenvalue weighted by Crippen LogP contribution is -1.75. The summed E-state index contributed by atoms with van der Waals surface area (Å²) in [4.78, 5) is -0.475. The van der Waals surface area contributed by atoms with Crippen LogP contribution in [0.2, 0.25) is 0 Å². The summed E-state index contributed by atoms with van der Waals surface area (Å²) in [7, 11) is 0. The summed E-state index contributed by atoms with van der Waals surface area (Å²) in [6.45, 7) is 0. The molecule has 1 nitrogen and oxygen atoms in total. The van der Waals surface area contributed by atoms with E-state index in [1.54, 1.807) is 0 Å². The van der Waals surface area contributed by atoms with Crippen LogP contribution < -0.4 is 0 Å². The van der Waals surface area contributed by atoms with Crippen molar-refractivity contribution in [2.75, 3.05) is 0 Å². The fourth-order valence-electron chi connectivity index (χ4n) is 0.980. The van der Waals surface area contributed by atoms with Gasteiger partial charge in [-0.1, -0.05) is 23.2 Å². The van der Waals surface area contributed by atoms with Gasteiger partial charge in [-0.15, -0.1) is 0 Å². The van der Waals surface area contributed by atoms with Crippen molar-refractivity contribution in [3.05, 3.63) is 23.8 Å². The number of benzene rings is 1. The van der Waals surface area contributed by atoms with Gasteiger partial charge in [0.25, 0.3) is 0 Å². The maximum absolute atomic E-state index is 5.63. The SMILES string of the molecule is ClC(Cl)c1cc2ccc1o2. The summed E-state index contributed by atoms with van der Waals surface area (Å²) in [5, 5.41) is 0. The first-order chi connectivity index (χ1) is 4.77. The highest BCUT2D eigenvalue weighted by Gasteiger charge is 2.12. The topological polar surface area (TPSA) is 13.1 Å². The highest BCUT2D eigenvalue weighted by Crippen LogP contribution is 2.33. The molecule has 0 saturated carbocycles. The molecule has 0 aliphatic carbocycles. The molecule has 2 heterocycles. The van der Waals surface area contributed by atoms with Gasteiger partial charge in [-0.2, -0.15) is 0 Å². The van der Waals surface area contributed by atoms with Crippen LogP contribution >= 0.6 is 23.2 Å². The van der Waals surface area contributed by atoms with Gasteiger partial charge in [-0.05, 0) is 18.2 Å². The number of alkyl halides is 2. The molecular formula is C7H4Cl2O. The molecule has 3 heteroatoms. The zero-order chi connectivity index (χ0) is 7.14. The summed E-state index contributed by atoms with van der Waals surface area (Å²) < 4.78 is 5.21. The molecule has 2 bridgehead atoms. The van der Waals surface area contributed by atoms with Crippen molar-refractivity contribution in [2.24, 2.45) is 0 Å². The van der Waals surface area contributed by atoms with Crippen LogP contribution in [0.5, 0.6) is 0 Å². The van der Waals surface area contributed by atoms with E-state index in [-0.39, 0.29) is 0 Å². The minimum Gasteiger partial charge on any atom is -0.457 e. The number of rotatable bonds is 1. The molecule has 0 amide bonds. The van der Waals surface area contributed by atoms with Crippen molar-refractivity contribution >= 4 is 34.4 Å². The lowest BCUT2D eigenvalue weighted by atomic mass is 10.2. The van der Waals surface area contributed by atoms with Crippen LogP contribution in [0.15, 0.2) is 22.6 Å². The molecule has 2 rings (SSSR count). The molecule has 0 atom stereocenters. The second kappa shape index (κ2) is 2.04. The zero-order valence-corrected chi connectivity index (χ0v) is 6.49. The molecule has 0 saturated heterocycles. The second-order valence-corrected chi connectivity index (χ2v) is 3.20. The van der Waals surface area contributed by atoms with Gasteiger partial charge in [0.05, 0.1) is 0 Å². The van der Waals surface area contributed by atoms with Crippen LogP contribution in [0.25, 0.3) is 11.2 Å². The van der Waals surface area contributed by atoms with Gasteiger partial charge in [0.2, 0.25) is 0 Å². The summed E-state index contributed by atoms with van der Waals surface area (Å²) in [6, 6.07) is 5.59. The van der Waals surface area contributed by atoms with Crippen LogP contribution in [-0.2, 0) is 0 Å². The van der Waals surface area contributed by atoms with E-state index in [1.807, 2.05) is 18.2 Å². The Balaban J connectivity index is 2.62. The predicted molar refractivity (Wildman–Crippen MR) is 41.8 cm³/mol. The van der Waals surface area contributed by atoms with E-state index in [9.17, 15) is 0 Å². The standard InChI is InChI=1S/C7H4Cl2O/c8-7(9)5-3-4-1-2-6(5)10-4/h1-3,7H. The molecule has 0 aliphatic heterocycles. The van der Waals surface area contributed by atoms with Gasteiger partial charge >= 0.3 is 0 Å². The molecule has 0 fully saturated rings.